The summed E-state index contributed by atoms with van der Waals surface area (Å²) in [6.45, 7) is 2.01. The van der Waals surface area contributed by atoms with Gasteiger partial charge in [-0.2, -0.15) is 0 Å². The number of rotatable bonds is 3. The molecule has 0 saturated heterocycles. The molecule has 2 aliphatic rings. The third-order valence-corrected chi connectivity index (χ3v) is 7.07. The SMILES string of the molecule is Cc1ccc(NC(=O)N2c3ccccc3NC3=C(C(=O)C[C@@H](c4ccco4)C3)[C@H]2c2ccccc2)cc1. The van der Waals surface area contributed by atoms with Gasteiger partial charge in [-0.25, -0.2) is 4.79 Å². The van der Waals surface area contributed by atoms with E-state index in [0.29, 0.717) is 29.8 Å². The normalized spacial score (nSPS) is 18.9. The summed E-state index contributed by atoms with van der Waals surface area (Å²) in [5.74, 6) is 0.736. The minimum absolute atomic E-state index is 0.00458. The molecule has 2 atom stereocenters. The Bertz CT molecular complexity index is 1470. The molecule has 6 rings (SSSR count). The summed E-state index contributed by atoms with van der Waals surface area (Å²) in [6.07, 6.45) is 2.57. The van der Waals surface area contributed by atoms with Crippen LogP contribution in [0.2, 0.25) is 0 Å². The number of fused-ring (bicyclic) bond motifs is 1. The third kappa shape index (κ3) is 4.31. The van der Waals surface area contributed by atoms with Gasteiger partial charge in [0.15, 0.2) is 5.78 Å². The number of hydrogen-bond acceptors (Lipinski definition) is 4. The van der Waals surface area contributed by atoms with E-state index >= 15 is 0 Å². The highest BCUT2D eigenvalue weighted by molar-refractivity contribution is 6.09. The van der Waals surface area contributed by atoms with Crippen LogP contribution < -0.4 is 15.5 Å². The Balaban J connectivity index is 1.50. The van der Waals surface area contributed by atoms with Crippen LogP contribution in [0.25, 0.3) is 0 Å². The number of carbonyl (C=O) groups is 2. The first-order valence-corrected chi connectivity index (χ1v) is 12.5. The number of carbonyl (C=O) groups excluding carboxylic acids is 2. The van der Waals surface area contributed by atoms with E-state index in [2.05, 4.69) is 10.6 Å². The highest BCUT2D eigenvalue weighted by atomic mass is 16.3. The van der Waals surface area contributed by atoms with Crippen LogP contribution in [0.1, 0.15) is 41.7 Å². The number of nitrogens with zero attached hydrogens (tertiary/aromatic N) is 1. The van der Waals surface area contributed by atoms with Gasteiger partial charge < -0.3 is 15.1 Å². The predicted molar refractivity (Wildman–Crippen MR) is 145 cm³/mol. The molecular weight excluding hydrogens is 462 g/mol. The maximum Gasteiger partial charge on any atom is 0.327 e. The van der Waals surface area contributed by atoms with Crippen molar-refractivity contribution in [1.29, 1.82) is 0 Å². The van der Waals surface area contributed by atoms with Crippen LogP contribution >= 0.6 is 0 Å². The molecule has 0 spiro atoms. The standard InChI is InChI=1S/C31H27N3O3/c1-20-13-15-23(16-14-20)32-31(36)34-26-11-6-5-10-24(26)33-25-18-22(28-12-7-17-37-28)19-27(35)29(25)30(34)21-8-3-2-4-9-21/h2-17,22,30,33H,18-19H2,1H3,(H,32,36)/t22-,30+/m0/s1. The zero-order valence-electron chi connectivity index (χ0n) is 20.5. The average molecular weight is 490 g/mol. The maximum absolute atomic E-state index is 14.0. The van der Waals surface area contributed by atoms with Gasteiger partial charge in [-0.05, 0) is 55.3 Å². The minimum atomic E-state index is -0.595. The Morgan fingerprint density at radius 2 is 1.68 bits per heavy atom. The number of ketones is 1. The molecule has 3 aromatic carbocycles. The number of amides is 2. The Hall–Kier alpha value is -4.58. The van der Waals surface area contributed by atoms with Crippen LogP contribution in [-0.2, 0) is 4.79 Å². The van der Waals surface area contributed by atoms with E-state index < -0.39 is 6.04 Å². The fourth-order valence-corrected chi connectivity index (χ4v) is 5.31. The molecule has 0 radical (unpaired) electrons. The van der Waals surface area contributed by atoms with E-state index in [1.165, 1.54) is 0 Å². The van der Waals surface area contributed by atoms with Gasteiger partial charge in [0.2, 0.25) is 0 Å². The first kappa shape index (κ1) is 22.9. The highest BCUT2D eigenvalue weighted by Gasteiger charge is 2.42. The molecule has 2 amide bonds. The van der Waals surface area contributed by atoms with Crippen molar-refractivity contribution in [2.24, 2.45) is 0 Å². The van der Waals surface area contributed by atoms with Gasteiger partial charge in [0.1, 0.15) is 5.76 Å². The van der Waals surface area contributed by atoms with E-state index in [1.807, 2.05) is 97.9 Å². The Morgan fingerprint density at radius 3 is 2.43 bits per heavy atom. The van der Waals surface area contributed by atoms with Gasteiger partial charge in [0.05, 0.1) is 23.7 Å². The molecule has 1 aliphatic heterocycles. The molecule has 0 bridgehead atoms. The van der Waals surface area contributed by atoms with Crippen molar-refractivity contribution < 1.29 is 14.0 Å². The summed E-state index contributed by atoms with van der Waals surface area (Å²) in [4.78, 5) is 29.6. The van der Waals surface area contributed by atoms with Crippen molar-refractivity contribution in [2.45, 2.75) is 31.7 Å². The second-order valence-electron chi connectivity index (χ2n) is 9.56. The molecule has 37 heavy (non-hydrogen) atoms. The zero-order chi connectivity index (χ0) is 25.4. The van der Waals surface area contributed by atoms with Crippen LogP contribution in [0.15, 0.2) is 113 Å². The first-order chi connectivity index (χ1) is 18.1. The number of allylic oxidation sites excluding steroid dienone is 1. The van der Waals surface area contributed by atoms with Crippen LogP contribution in [-0.4, -0.2) is 11.8 Å². The quantitative estimate of drug-likeness (QED) is 0.319. The minimum Gasteiger partial charge on any atom is -0.469 e. The fraction of sp³-hybridized carbons (Fsp3) is 0.161. The monoisotopic (exact) mass is 489 g/mol. The second-order valence-corrected chi connectivity index (χ2v) is 9.56. The summed E-state index contributed by atoms with van der Waals surface area (Å²) in [5, 5.41) is 6.59. The molecule has 1 aromatic heterocycles. The van der Waals surface area contributed by atoms with E-state index in [1.54, 1.807) is 11.2 Å². The van der Waals surface area contributed by atoms with E-state index in [0.717, 1.165) is 28.3 Å². The maximum atomic E-state index is 14.0. The van der Waals surface area contributed by atoms with Crippen molar-refractivity contribution in [2.75, 3.05) is 15.5 Å². The van der Waals surface area contributed by atoms with Crippen molar-refractivity contribution >= 4 is 28.9 Å². The largest absolute Gasteiger partial charge is 0.469 e. The van der Waals surface area contributed by atoms with Gasteiger partial charge in [-0.15, -0.1) is 0 Å². The van der Waals surface area contributed by atoms with Crippen LogP contribution in [0.4, 0.5) is 21.9 Å². The average Bonchev–Trinajstić information content (AvgIpc) is 3.40. The number of hydrogen-bond donors (Lipinski definition) is 2. The molecule has 2 heterocycles. The number of nitrogens with one attached hydrogen (secondary N) is 2. The van der Waals surface area contributed by atoms with Gasteiger partial charge in [0, 0.05) is 29.3 Å². The van der Waals surface area contributed by atoms with E-state index in [-0.39, 0.29) is 17.7 Å². The molecule has 0 unspecified atom stereocenters. The van der Waals surface area contributed by atoms with Crippen molar-refractivity contribution in [3.8, 4) is 0 Å². The van der Waals surface area contributed by atoms with E-state index in [9.17, 15) is 9.59 Å². The van der Waals surface area contributed by atoms with Crippen LogP contribution in [0.5, 0.6) is 0 Å². The molecule has 6 heteroatoms. The smallest absolute Gasteiger partial charge is 0.327 e. The topological polar surface area (TPSA) is 74.6 Å². The fourth-order valence-electron chi connectivity index (χ4n) is 5.31. The van der Waals surface area contributed by atoms with Gasteiger partial charge in [0.25, 0.3) is 0 Å². The third-order valence-electron chi connectivity index (χ3n) is 7.07. The summed E-state index contributed by atoms with van der Waals surface area (Å²) < 4.78 is 5.67. The van der Waals surface area contributed by atoms with Crippen molar-refractivity contribution in [3.05, 3.63) is 125 Å². The van der Waals surface area contributed by atoms with E-state index in [4.69, 9.17) is 4.42 Å². The number of benzene rings is 3. The Labute approximate surface area is 215 Å². The first-order valence-electron chi connectivity index (χ1n) is 12.5. The molecule has 0 fully saturated rings. The molecule has 184 valence electrons. The summed E-state index contributed by atoms with van der Waals surface area (Å²) in [6, 6.07) is 28.0. The predicted octanol–water partition coefficient (Wildman–Crippen LogP) is 7.19. The van der Waals surface area contributed by atoms with Crippen LogP contribution in [0.3, 0.4) is 0 Å². The van der Waals surface area contributed by atoms with Crippen molar-refractivity contribution in [1.82, 2.24) is 0 Å². The molecule has 4 aromatic rings. The Morgan fingerprint density at radius 1 is 0.919 bits per heavy atom. The second kappa shape index (κ2) is 9.47. The van der Waals surface area contributed by atoms with Crippen molar-refractivity contribution in [3.63, 3.8) is 0 Å². The molecule has 0 saturated carbocycles. The van der Waals surface area contributed by atoms with Gasteiger partial charge in [-0.3, -0.25) is 9.69 Å². The number of para-hydroxylation sites is 2. The molecule has 2 N–H and O–H groups in total. The lowest BCUT2D eigenvalue weighted by atomic mass is 9.80. The lowest BCUT2D eigenvalue weighted by Gasteiger charge is -2.34. The number of aryl methyl sites for hydroxylation is 1. The number of furan rings is 1. The summed E-state index contributed by atoms with van der Waals surface area (Å²) >= 11 is 0. The number of urea groups is 1. The molecule has 6 nitrogen and oxygen atoms in total. The van der Waals surface area contributed by atoms with Gasteiger partial charge >= 0.3 is 6.03 Å². The summed E-state index contributed by atoms with van der Waals surface area (Å²) in [7, 11) is 0. The molecular formula is C31H27N3O3. The number of anilines is 3. The van der Waals surface area contributed by atoms with Gasteiger partial charge in [-0.1, -0.05) is 60.2 Å². The summed E-state index contributed by atoms with van der Waals surface area (Å²) in [5.41, 5.74) is 5.60. The zero-order valence-corrected chi connectivity index (χ0v) is 20.5. The lowest BCUT2D eigenvalue weighted by Crippen LogP contribution is -2.41. The molecule has 1 aliphatic carbocycles. The Kier molecular flexibility index (Phi) is 5.85. The number of Topliss-reactive ketones (excluding diaryl/α,β-unsaturated/α-hetero) is 1. The van der Waals surface area contributed by atoms with Crippen LogP contribution in [0, 0.1) is 6.92 Å². The lowest BCUT2D eigenvalue weighted by molar-refractivity contribution is -0.116. The highest BCUT2D eigenvalue weighted by Crippen LogP contribution is 2.47.